The first-order valence-corrected chi connectivity index (χ1v) is 5.94. The molecule has 0 aromatic carbocycles. The minimum Gasteiger partial charge on any atom is -0.478 e. The van der Waals surface area contributed by atoms with Gasteiger partial charge in [0.15, 0.2) is 0 Å². The van der Waals surface area contributed by atoms with E-state index in [-0.39, 0.29) is 5.56 Å². The molecular weight excluding hydrogens is 218 g/mol. The van der Waals surface area contributed by atoms with Crippen molar-refractivity contribution in [1.82, 2.24) is 14.9 Å². The lowest BCUT2D eigenvalue weighted by molar-refractivity contribution is 0.0691. The Balaban J connectivity index is 2.14. The minimum absolute atomic E-state index is 0.213. The van der Waals surface area contributed by atoms with Crippen molar-refractivity contribution in [3.63, 3.8) is 0 Å². The number of hydrogen-bond donors (Lipinski definition) is 1. The number of nitrogens with zero attached hydrogens (tertiary/aromatic N) is 3. The fourth-order valence-electron chi connectivity index (χ4n) is 2.24. The van der Waals surface area contributed by atoms with Gasteiger partial charge in [0.25, 0.3) is 0 Å². The standard InChI is InChI=1S/C12H17N3O2/c1-9-4-2-3-5-15(9)7-11-10(12(16)17)6-13-8-14-11/h6,8-9H,2-5,7H2,1H3,(H,16,17). The highest BCUT2D eigenvalue weighted by molar-refractivity contribution is 5.88. The van der Waals surface area contributed by atoms with E-state index in [1.807, 2.05) is 0 Å². The smallest absolute Gasteiger partial charge is 0.339 e. The van der Waals surface area contributed by atoms with Gasteiger partial charge in [-0.15, -0.1) is 0 Å². The number of rotatable bonds is 3. The van der Waals surface area contributed by atoms with Gasteiger partial charge in [0.1, 0.15) is 11.9 Å². The third kappa shape index (κ3) is 2.79. The van der Waals surface area contributed by atoms with Crippen LogP contribution in [-0.4, -0.2) is 38.5 Å². The molecule has 2 heterocycles. The van der Waals surface area contributed by atoms with Gasteiger partial charge in [0.05, 0.1) is 5.69 Å². The molecule has 1 fully saturated rings. The highest BCUT2D eigenvalue weighted by Crippen LogP contribution is 2.19. The van der Waals surface area contributed by atoms with Crippen LogP contribution >= 0.6 is 0 Å². The molecule has 1 unspecified atom stereocenters. The molecule has 0 amide bonds. The van der Waals surface area contributed by atoms with Gasteiger partial charge < -0.3 is 5.11 Å². The summed E-state index contributed by atoms with van der Waals surface area (Å²) in [5.74, 6) is -0.953. The summed E-state index contributed by atoms with van der Waals surface area (Å²) in [6.45, 7) is 3.80. The molecule has 2 rings (SSSR count). The molecule has 5 nitrogen and oxygen atoms in total. The second-order valence-corrected chi connectivity index (χ2v) is 4.50. The zero-order valence-corrected chi connectivity index (χ0v) is 9.96. The molecule has 0 aliphatic carbocycles. The molecule has 0 bridgehead atoms. The summed E-state index contributed by atoms with van der Waals surface area (Å²) in [6.07, 6.45) is 6.40. The van der Waals surface area contributed by atoms with Gasteiger partial charge in [0, 0.05) is 18.8 Å². The first-order valence-electron chi connectivity index (χ1n) is 5.94. The zero-order chi connectivity index (χ0) is 12.3. The highest BCUT2D eigenvalue weighted by Gasteiger charge is 2.21. The van der Waals surface area contributed by atoms with E-state index in [4.69, 9.17) is 5.11 Å². The van der Waals surface area contributed by atoms with Crippen molar-refractivity contribution in [1.29, 1.82) is 0 Å². The van der Waals surface area contributed by atoms with Gasteiger partial charge in [-0.3, -0.25) is 4.90 Å². The van der Waals surface area contributed by atoms with Crippen LogP contribution in [0.5, 0.6) is 0 Å². The van der Waals surface area contributed by atoms with Gasteiger partial charge in [-0.25, -0.2) is 14.8 Å². The Bertz CT molecular complexity index is 408. The summed E-state index contributed by atoms with van der Waals surface area (Å²) >= 11 is 0. The molecule has 1 aromatic rings. The van der Waals surface area contributed by atoms with Crippen LogP contribution < -0.4 is 0 Å². The lowest BCUT2D eigenvalue weighted by atomic mass is 10.0. The van der Waals surface area contributed by atoms with Crippen LogP contribution in [0.15, 0.2) is 12.5 Å². The number of carboxylic acids is 1. The lowest BCUT2D eigenvalue weighted by Crippen LogP contribution is -2.37. The summed E-state index contributed by atoms with van der Waals surface area (Å²) < 4.78 is 0. The maximum Gasteiger partial charge on any atom is 0.339 e. The SMILES string of the molecule is CC1CCCCN1Cc1ncncc1C(=O)O. The van der Waals surface area contributed by atoms with E-state index in [2.05, 4.69) is 21.8 Å². The molecule has 92 valence electrons. The third-order valence-electron chi connectivity index (χ3n) is 3.32. The lowest BCUT2D eigenvalue weighted by Gasteiger charge is -2.33. The van der Waals surface area contributed by atoms with E-state index in [1.54, 1.807) is 0 Å². The Labute approximate surface area is 100 Å². The molecule has 0 saturated carbocycles. The number of carbonyl (C=O) groups is 1. The van der Waals surface area contributed by atoms with Gasteiger partial charge in [-0.05, 0) is 26.3 Å². The summed E-state index contributed by atoms with van der Waals surface area (Å²) in [5.41, 5.74) is 0.825. The van der Waals surface area contributed by atoms with Crippen LogP contribution in [0.3, 0.4) is 0 Å². The second kappa shape index (κ2) is 5.23. The summed E-state index contributed by atoms with van der Waals surface area (Å²) in [5, 5.41) is 9.06. The monoisotopic (exact) mass is 235 g/mol. The molecule has 1 atom stereocenters. The molecule has 0 spiro atoms. The van der Waals surface area contributed by atoms with Gasteiger partial charge in [-0.2, -0.15) is 0 Å². The molecular formula is C12H17N3O2. The molecule has 1 N–H and O–H groups in total. The van der Waals surface area contributed by atoms with E-state index in [1.165, 1.54) is 31.8 Å². The first-order chi connectivity index (χ1) is 8.18. The van der Waals surface area contributed by atoms with E-state index < -0.39 is 5.97 Å². The second-order valence-electron chi connectivity index (χ2n) is 4.50. The van der Waals surface area contributed by atoms with Crippen molar-refractivity contribution in [3.8, 4) is 0 Å². The number of piperidine rings is 1. The predicted molar refractivity (Wildman–Crippen MR) is 62.7 cm³/mol. The Hall–Kier alpha value is -1.49. The van der Waals surface area contributed by atoms with Crippen LogP contribution in [-0.2, 0) is 6.54 Å². The Morgan fingerprint density at radius 1 is 1.59 bits per heavy atom. The van der Waals surface area contributed by atoms with Crippen molar-refractivity contribution < 1.29 is 9.90 Å². The van der Waals surface area contributed by atoms with E-state index in [9.17, 15) is 4.79 Å². The number of hydrogen-bond acceptors (Lipinski definition) is 4. The van der Waals surface area contributed by atoms with E-state index >= 15 is 0 Å². The molecule has 1 aromatic heterocycles. The van der Waals surface area contributed by atoms with Crippen LogP contribution in [0, 0.1) is 0 Å². The molecule has 1 aliphatic rings. The van der Waals surface area contributed by atoms with Crippen molar-refractivity contribution >= 4 is 5.97 Å². The number of aromatic carboxylic acids is 1. The maximum atomic E-state index is 11.0. The Kier molecular flexibility index (Phi) is 3.68. The van der Waals surface area contributed by atoms with Crippen LogP contribution in [0.2, 0.25) is 0 Å². The van der Waals surface area contributed by atoms with Gasteiger partial charge >= 0.3 is 5.97 Å². The largest absolute Gasteiger partial charge is 0.478 e. The summed E-state index contributed by atoms with van der Waals surface area (Å²) in [4.78, 5) is 21.2. The van der Waals surface area contributed by atoms with Crippen molar-refractivity contribution in [2.75, 3.05) is 6.54 Å². The fourth-order valence-corrected chi connectivity index (χ4v) is 2.24. The van der Waals surface area contributed by atoms with Crippen molar-refractivity contribution in [2.24, 2.45) is 0 Å². The molecule has 1 aliphatic heterocycles. The summed E-state index contributed by atoms with van der Waals surface area (Å²) in [6, 6.07) is 0.500. The normalized spacial score (nSPS) is 21.4. The maximum absolute atomic E-state index is 11.0. The molecule has 5 heteroatoms. The quantitative estimate of drug-likeness (QED) is 0.861. The number of carboxylic acid groups (broad SMARTS) is 1. The summed E-state index contributed by atoms with van der Waals surface area (Å²) in [7, 11) is 0. The molecule has 17 heavy (non-hydrogen) atoms. The average molecular weight is 235 g/mol. The van der Waals surface area contributed by atoms with Crippen LogP contribution in [0.4, 0.5) is 0 Å². The Morgan fingerprint density at radius 2 is 2.41 bits per heavy atom. The minimum atomic E-state index is -0.953. The Morgan fingerprint density at radius 3 is 3.12 bits per heavy atom. The fraction of sp³-hybridized carbons (Fsp3) is 0.583. The highest BCUT2D eigenvalue weighted by atomic mass is 16.4. The molecule has 0 radical (unpaired) electrons. The number of likely N-dealkylation sites (tertiary alicyclic amines) is 1. The van der Waals surface area contributed by atoms with Crippen molar-refractivity contribution in [2.45, 2.75) is 38.8 Å². The van der Waals surface area contributed by atoms with Crippen LogP contribution in [0.1, 0.15) is 42.2 Å². The van der Waals surface area contributed by atoms with Gasteiger partial charge in [0.2, 0.25) is 0 Å². The first kappa shape index (κ1) is 12.0. The van der Waals surface area contributed by atoms with Gasteiger partial charge in [-0.1, -0.05) is 6.42 Å². The topological polar surface area (TPSA) is 66.3 Å². The van der Waals surface area contributed by atoms with Crippen LogP contribution in [0.25, 0.3) is 0 Å². The van der Waals surface area contributed by atoms with E-state index in [0.717, 1.165) is 6.54 Å². The average Bonchev–Trinajstić information content (AvgIpc) is 2.32. The molecule has 1 saturated heterocycles. The van der Waals surface area contributed by atoms with Crippen molar-refractivity contribution in [3.05, 3.63) is 23.8 Å². The third-order valence-corrected chi connectivity index (χ3v) is 3.32. The number of aromatic nitrogens is 2. The van der Waals surface area contributed by atoms with E-state index in [0.29, 0.717) is 18.3 Å². The zero-order valence-electron chi connectivity index (χ0n) is 9.96. The predicted octanol–water partition coefficient (Wildman–Crippen LogP) is 1.55.